The second kappa shape index (κ2) is 5.15. The molecule has 0 spiro atoms. The number of thiocarbonyl (C=S) groups is 1. The third-order valence-electron chi connectivity index (χ3n) is 1.57. The van der Waals surface area contributed by atoms with Crippen LogP contribution in [0.3, 0.4) is 0 Å². The van der Waals surface area contributed by atoms with E-state index < -0.39 is 0 Å². The lowest BCUT2D eigenvalue weighted by molar-refractivity contribution is -0.107. The number of nitrogens with two attached hydrogens (primary N) is 1. The van der Waals surface area contributed by atoms with E-state index >= 15 is 0 Å². The standard InChI is InChI=1S/C11H9NOS/c12-11(14)10-6-3-5-9(8-10)4-1-2-7-13/h3,5-8H,2H2,(H2,12,14). The zero-order valence-corrected chi connectivity index (χ0v) is 8.30. The molecule has 0 saturated heterocycles. The maximum Gasteiger partial charge on any atom is 0.131 e. The minimum atomic E-state index is 0.247. The van der Waals surface area contributed by atoms with E-state index in [2.05, 4.69) is 11.8 Å². The van der Waals surface area contributed by atoms with Crippen molar-refractivity contribution in [1.82, 2.24) is 0 Å². The van der Waals surface area contributed by atoms with Crippen LogP contribution in [0.5, 0.6) is 0 Å². The Balaban J connectivity index is 2.90. The lowest BCUT2D eigenvalue weighted by Crippen LogP contribution is -2.08. The third kappa shape index (κ3) is 3.00. The highest BCUT2D eigenvalue weighted by atomic mass is 32.1. The van der Waals surface area contributed by atoms with Crippen molar-refractivity contribution < 1.29 is 4.79 Å². The van der Waals surface area contributed by atoms with Gasteiger partial charge in [-0.3, -0.25) is 0 Å². The Morgan fingerprint density at radius 1 is 1.57 bits per heavy atom. The highest BCUT2D eigenvalue weighted by Crippen LogP contribution is 2.03. The van der Waals surface area contributed by atoms with Crippen LogP contribution in [0.25, 0.3) is 0 Å². The van der Waals surface area contributed by atoms with Crippen LogP contribution in [-0.4, -0.2) is 11.3 Å². The van der Waals surface area contributed by atoms with E-state index in [1.54, 1.807) is 6.07 Å². The Kier molecular flexibility index (Phi) is 3.84. The molecule has 0 bridgehead atoms. The molecule has 0 aliphatic rings. The first-order valence-corrected chi connectivity index (χ1v) is 4.47. The van der Waals surface area contributed by atoms with E-state index in [0.717, 1.165) is 17.4 Å². The number of carbonyl (C=O) groups is 1. The molecule has 3 heteroatoms. The molecule has 0 unspecified atom stereocenters. The Hall–Kier alpha value is -1.66. The fraction of sp³-hybridized carbons (Fsp3) is 0.0909. The minimum Gasteiger partial charge on any atom is -0.389 e. The number of carbonyl (C=O) groups excluding carboxylic acids is 1. The van der Waals surface area contributed by atoms with Crippen LogP contribution in [0, 0.1) is 11.8 Å². The maximum atomic E-state index is 10.0. The summed E-state index contributed by atoms with van der Waals surface area (Å²) in [5.74, 6) is 5.56. The Morgan fingerprint density at radius 2 is 2.36 bits per heavy atom. The Bertz CT molecular complexity index is 415. The van der Waals surface area contributed by atoms with Gasteiger partial charge in [0.25, 0.3) is 0 Å². The quantitative estimate of drug-likeness (QED) is 0.447. The molecule has 0 fully saturated rings. The molecule has 1 rings (SSSR count). The van der Waals surface area contributed by atoms with Crippen molar-refractivity contribution >= 4 is 23.5 Å². The van der Waals surface area contributed by atoms with Crippen LogP contribution >= 0.6 is 12.2 Å². The van der Waals surface area contributed by atoms with Crippen LogP contribution in [0.4, 0.5) is 0 Å². The smallest absolute Gasteiger partial charge is 0.131 e. The number of rotatable bonds is 2. The van der Waals surface area contributed by atoms with Gasteiger partial charge in [-0.1, -0.05) is 36.2 Å². The first-order chi connectivity index (χ1) is 6.74. The Labute approximate surface area is 88.1 Å². The predicted octanol–water partition coefficient (Wildman–Crippen LogP) is 1.26. The molecule has 2 nitrogen and oxygen atoms in total. The van der Waals surface area contributed by atoms with Crippen LogP contribution in [0.1, 0.15) is 17.5 Å². The van der Waals surface area contributed by atoms with Crippen molar-refractivity contribution in [3.05, 3.63) is 35.4 Å². The lowest BCUT2D eigenvalue weighted by atomic mass is 10.1. The van der Waals surface area contributed by atoms with Crippen molar-refractivity contribution in [3.63, 3.8) is 0 Å². The van der Waals surface area contributed by atoms with E-state index in [4.69, 9.17) is 18.0 Å². The zero-order chi connectivity index (χ0) is 10.4. The first kappa shape index (κ1) is 10.4. The molecule has 0 aliphatic heterocycles. The number of hydrogen-bond acceptors (Lipinski definition) is 2. The maximum absolute atomic E-state index is 10.0. The fourth-order valence-corrected chi connectivity index (χ4v) is 1.07. The average molecular weight is 203 g/mol. The van der Waals surface area contributed by atoms with Crippen molar-refractivity contribution in [3.8, 4) is 11.8 Å². The summed E-state index contributed by atoms with van der Waals surface area (Å²) in [5, 5.41) is 0. The zero-order valence-electron chi connectivity index (χ0n) is 7.49. The molecule has 0 radical (unpaired) electrons. The summed E-state index contributed by atoms with van der Waals surface area (Å²) >= 11 is 4.83. The highest BCUT2D eigenvalue weighted by Gasteiger charge is 1.95. The molecule has 2 N–H and O–H groups in total. The molecule has 70 valence electrons. The second-order valence-corrected chi connectivity index (χ2v) is 3.06. The van der Waals surface area contributed by atoms with Gasteiger partial charge in [-0.05, 0) is 12.1 Å². The molecular weight excluding hydrogens is 194 g/mol. The number of aldehydes is 1. The van der Waals surface area contributed by atoms with Gasteiger partial charge in [0.05, 0.1) is 6.42 Å². The van der Waals surface area contributed by atoms with Gasteiger partial charge in [-0.25, -0.2) is 0 Å². The molecule has 1 aromatic carbocycles. The predicted molar refractivity (Wildman–Crippen MR) is 59.9 cm³/mol. The van der Waals surface area contributed by atoms with Gasteiger partial charge in [0, 0.05) is 11.1 Å². The van der Waals surface area contributed by atoms with Gasteiger partial charge in [0.15, 0.2) is 0 Å². The van der Waals surface area contributed by atoms with Crippen LogP contribution < -0.4 is 5.73 Å². The topological polar surface area (TPSA) is 43.1 Å². The van der Waals surface area contributed by atoms with E-state index in [1.165, 1.54) is 0 Å². The number of benzene rings is 1. The van der Waals surface area contributed by atoms with Crippen LogP contribution in [0.2, 0.25) is 0 Å². The largest absolute Gasteiger partial charge is 0.389 e. The van der Waals surface area contributed by atoms with Gasteiger partial charge in [0.2, 0.25) is 0 Å². The van der Waals surface area contributed by atoms with E-state index in [1.807, 2.05) is 18.2 Å². The SMILES string of the molecule is NC(=S)c1cccc(C#CCC=O)c1. The summed E-state index contributed by atoms with van der Waals surface area (Å²) in [7, 11) is 0. The number of hydrogen-bond donors (Lipinski definition) is 1. The fourth-order valence-electron chi connectivity index (χ4n) is 0.945. The first-order valence-electron chi connectivity index (χ1n) is 4.06. The van der Waals surface area contributed by atoms with E-state index in [0.29, 0.717) is 4.99 Å². The molecule has 0 atom stereocenters. The van der Waals surface area contributed by atoms with Gasteiger partial charge in [0.1, 0.15) is 11.3 Å². The van der Waals surface area contributed by atoms with E-state index in [-0.39, 0.29) is 6.42 Å². The third-order valence-corrected chi connectivity index (χ3v) is 1.80. The molecule has 14 heavy (non-hydrogen) atoms. The van der Waals surface area contributed by atoms with Crippen LogP contribution in [-0.2, 0) is 4.79 Å². The van der Waals surface area contributed by atoms with Crippen molar-refractivity contribution in [2.75, 3.05) is 0 Å². The van der Waals surface area contributed by atoms with Crippen molar-refractivity contribution in [1.29, 1.82) is 0 Å². The summed E-state index contributed by atoms with van der Waals surface area (Å²) in [6.07, 6.45) is 1.02. The summed E-state index contributed by atoms with van der Waals surface area (Å²) in [4.78, 5) is 10.4. The van der Waals surface area contributed by atoms with E-state index in [9.17, 15) is 4.79 Å². The van der Waals surface area contributed by atoms with Crippen molar-refractivity contribution in [2.45, 2.75) is 6.42 Å². The molecule has 0 heterocycles. The average Bonchev–Trinajstić information content (AvgIpc) is 2.19. The molecular formula is C11H9NOS. The monoisotopic (exact) mass is 203 g/mol. The summed E-state index contributed by atoms with van der Waals surface area (Å²) in [5.41, 5.74) is 7.07. The molecule has 1 aromatic rings. The highest BCUT2D eigenvalue weighted by molar-refractivity contribution is 7.80. The molecule has 0 aliphatic carbocycles. The van der Waals surface area contributed by atoms with Crippen LogP contribution in [0.15, 0.2) is 24.3 Å². The lowest BCUT2D eigenvalue weighted by Gasteiger charge is -1.97. The minimum absolute atomic E-state index is 0.247. The summed E-state index contributed by atoms with van der Waals surface area (Å²) < 4.78 is 0. The molecule has 0 saturated carbocycles. The van der Waals surface area contributed by atoms with Gasteiger partial charge >= 0.3 is 0 Å². The second-order valence-electron chi connectivity index (χ2n) is 2.62. The summed E-state index contributed by atoms with van der Waals surface area (Å²) in [6.45, 7) is 0. The normalized spacial score (nSPS) is 8.57. The summed E-state index contributed by atoms with van der Waals surface area (Å²) in [6, 6.07) is 7.31. The van der Waals surface area contributed by atoms with Gasteiger partial charge in [-0.2, -0.15) is 0 Å². The Morgan fingerprint density at radius 3 is 3.00 bits per heavy atom. The van der Waals surface area contributed by atoms with Gasteiger partial charge in [-0.15, -0.1) is 0 Å². The molecule has 0 amide bonds. The van der Waals surface area contributed by atoms with Gasteiger partial charge < -0.3 is 10.5 Å². The van der Waals surface area contributed by atoms with Crippen molar-refractivity contribution in [2.24, 2.45) is 5.73 Å². The molecule has 0 aromatic heterocycles.